The summed E-state index contributed by atoms with van der Waals surface area (Å²) in [5, 5.41) is 4.55. The first-order chi connectivity index (χ1) is 12.8. The predicted molar refractivity (Wildman–Crippen MR) is 101 cm³/mol. The van der Waals surface area contributed by atoms with Gasteiger partial charge in [-0.3, -0.25) is 9.78 Å². The molecule has 0 bridgehead atoms. The van der Waals surface area contributed by atoms with Gasteiger partial charge in [-0.15, -0.1) is 0 Å². The van der Waals surface area contributed by atoms with E-state index < -0.39 is 0 Å². The molecule has 0 N–H and O–H groups in total. The second kappa shape index (κ2) is 7.15. The molecule has 0 atom stereocenters. The average molecular weight is 338 g/mol. The fraction of sp³-hybridized carbons (Fsp3) is 0.0455. The van der Waals surface area contributed by atoms with Gasteiger partial charge in [0.2, 0.25) is 5.43 Å². The summed E-state index contributed by atoms with van der Waals surface area (Å²) < 4.78 is 1.74. The molecule has 0 fully saturated rings. The van der Waals surface area contributed by atoms with Gasteiger partial charge in [0.1, 0.15) is 5.69 Å². The zero-order chi connectivity index (χ0) is 17.8. The molecule has 2 aromatic carbocycles. The summed E-state index contributed by atoms with van der Waals surface area (Å²) >= 11 is 0. The molecule has 4 aromatic rings. The molecule has 0 amide bonds. The highest BCUT2D eigenvalue weighted by Crippen LogP contribution is 2.21. The van der Waals surface area contributed by atoms with Crippen LogP contribution in [0.5, 0.6) is 0 Å². The zero-order valence-corrected chi connectivity index (χ0v) is 14.0. The quantitative estimate of drug-likeness (QED) is 0.570. The van der Waals surface area contributed by atoms with Crippen LogP contribution in [0.3, 0.4) is 0 Å². The van der Waals surface area contributed by atoms with Crippen LogP contribution in [0.4, 0.5) is 0 Å². The molecular formula is C22H16N3O. The zero-order valence-electron chi connectivity index (χ0n) is 14.0. The van der Waals surface area contributed by atoms with Crippen LogP contribution < -0.4 is 5.43 Å². The standard InChI is InChI=1S/C22H16N3O/c26-22-11-14-25(24-21(22)15-17-5-2-1-3-6-17)20-8-4-7-19(16-20)18-9-12-23-13-10-18/h1-2,4-14,16H,15H2. The van der Waals surface area contributed by atoms with Gasteiger partial charge in [-0.2, -0.15) is 5.10 Å². The maximum Gasteiger partial charge on any atom is 0.203 e. The van der Waals surface area contributed by atoms with Crippen molar-refractivity contribution < 1.29 is 0 Å². The highest BCUT2D eigenvalue weighted by atomic mass is 16.1. The molecule has 125 valence electrons. The minimum Gasteiger partial charge on any atom is -0.288 e. The molecular weight excluding hydrogens is 322 g/mol. The lowest BCUT2D eigenvalue weighted by atomic mass is 10.1. The second-order valence-corrected chi connectivity index (χ2v) is 5.95. The van der Waals surface area contributed by atoms with Crippen LogP contribution in [-0.4, -0.2) is 14.8 Å². The molecule has 0 saturated carbocycles. The largest absolute Gasteiger partial charge is 0.288 e. The summed E-state index contributed by atoms with van der Waals surface area (Å²) in [7, 11) is 0. The molecule has 0 aliphatic rings. The number of aromatic nitrogens is 3. The minimum absolute atomic E-state index is 0.0598. The van der Waals surface area contributed by atoms with E-state index >= 15 is 0 Å². The van der Waals surface area contributed by atoms with Crippen molar-refractivity contribution in [3.8, 4) is 16.8 Å². The van der Waals surface area contributed by atoms with E-state index in [2.05, 4.69) is 16.1 Å². The topological polar surface area (TPSA) is 47.8 Å². The lowest BCUT2D eigenvalue weighted by molar-refractivity contribution is 0.792. The molecule has 4 rings (SSSR count). The normalized spacial score (nSPS) is 10.6. The van der Waals surface area contributed by atoms with Crippen molar-refractivity contribution in [1.82, 2.24) is 14.8 Å². The lowest BCUT2D eigenvalue weighted by Crippen LogP contribution is -2.16. The van der Waals surface area contributed by atoms with E-state index in [1.165, 1.54) is 0 Å². The van der Waals surface area contributed by atoms with Crippen molar-refractivity contribution in [3.63, 3.8) is 0 Å². The Kier molecular flexibility index (Phi) is 4.39. The number of hydrogen-bond acceptors (Lipinski definition) is 3. The summed E-state index contributed by atoms with van der Waals surface area (Å²) in [5.41, 5.74) is 4.53. The molecule has 0 saturated heterocycles. The Hall–Kier alpha value is -3.53. The number of rotatable bonds is 4. The van der Waals surface area contributed by atoms with E-state index in [1.54, 1.807) is 29.3 Å². The maximum absolute atomic E-state index is 12.2. The summed E-state index contributed by atoms with van der Waals surface area (Å²) in [5.74, 6) is 0. The number of nitrogens with zero attached hydrogens (tertiary/aromatic N) is 3. The van der Waals surface area contributed by atoms with Crippen molar-refractivity contribution in [2.75, 3.05) is 0 Å². The first-order valence-electron chi connectivity index (χ1n) is 8.34. The van der Waals surface area contributed by atoms with Crippen LogP contribution in [0.1, 0.15) is 11.3 Å². The van der Waals surface area contributed by atoms with Gasteiger partial charge in [0.15, 0.2) is 0 Å². The van der Waals surface area contributed by atoms with Crippen molar-refractivity contribution in [2.24, 2.45) is 0 Å². The lowest BCUT2D eigenvalue weighted by Gasteiger charge is -2.09. The van der Waals surface area contributed by atoms with Crippen LogP contribution in [0.15, 0.2) is 90.1 Å². The van der Waals surface area contributed by atoms with Crippen LogP contribution in [0.25, 0.3) is 16.8 Å². The van der Waals surface area contributed by atoms with Gasteiger partial charge >= 0.3 is 0 Å². The van der Waals surface area contributed by atoms with E-state index in [9.17, 15) is 4.79 Å². The van der Waals surface area contributed by atoms with Gasteiger partial charge < -0.3 is 0 Å². The van der Waals surface area contributed by atoms with E-state index in [4.69, 9.17) is 0 Å². The van der Waals surface area contributed by atoms with E-state index in [-0.39, 0.29) is 5.43 Å². The third-order valence-electron chi connectivity index (χ3n) is 4.15. The predicted octanol–water partition coefficient (Wildman–Crippen LogP) is 3.69. The molecule has 0 unspecified atom stereocenters. The molecule has 4 nitrogen and oxygen atoms in total. The molecule has 1 radical (unpaired) electrons. The Balaban J connectivity index is 1.70. The Morgan fingerprint density at radius 2 is 1.85 bits per heavy atom. The summed E-state index contributed by atoms with van der Waals surface area (Å²) in [4.78, 5) is 16.3. The first kappa shape index (κ1) is 16.0. The van der Waals surface area contributed by atoms with E-state index in [0.29, 0.717) is 12.1 Å². The van der Waals surface area contributed by atoms with Gasteiger partial charge in [-0.05, 0) is 47.0 Å². The van der Waals surface area contributed by atoms with Gasteiger partial charge in [-0.25, -0.2) is 4.68 Å². The molecule has 4 heteroatoms. The third kappa shape index (κ3) is 3.44. The fourth-order valence-corrected chi connectivity index (χ4v) is 2.82. The van der Waals surface area contributed by atoms with Gasteiger partial charge in [0.25, 0.3) is 0 Å². The smallest absolute Gasteiger partial charge is 0.203 e. The van der Waals surface area contributed by atoms with Gasteiger partial charge in [0, 0.05) is 31.1 Å². The van der Waals surface area contributed by atoms with Crippen LogP contribution in [0, 0.1) is 6.07 Å². The third-order valence-corrected chi connectivity index (χ3v) is 4.15. The SMILES string of the molecule is O=c1ccn(-c2cccc(-c3ccncc3)c2)nc1Cc1c[c]ccc1. The van der Waals surface area contributed by atoms with Crippen LogP contribution >= 0.6 is 0 Å². The molecule has 2 aromatic heterocycles. The first-order valence-corrected chi connectivity index (χ1v) is 8.34. The minimum atomic E-state index is -0.0598. The average Bonchev–Trinajstić information content (AvgIpc) is 2.71. The highest BCUT2D eigenvalue weighted by molar-refractivity contribution is 5.65. The molecule has 0 aliphatic heterocycles. The Morgan fingerprint density at radius 1 is 0.962 bits per heavy atom. The Labute approximate surface area is 151 Å². The van der Waals surface area contributed by atoms with E-state index in [1.807, 2.05) is 60.7 Å². The fourth-order valence-electron chi connectivity index (χ4n) is 2.82. The molecule has 2 heterocycles. The number of pyridine rings is 1. The Bertz CT molecular complexity index is 1070. The molecule has 0 aliphatic carbocycles. The van der Waals surface area contributed by atoms with Crippen LogP contribution in [-0.2, 0) is 6.42 Å². The van der Waals surface area contributed by atoms with Gasteiger partial charge in [0.05, 0.1) is 5.69 Å². The number of benzene rings is 2. The van der Waals surface area contributed by atoms with Crippen molar-refractivity contribution >= 4 is 0 Å². The Morgan fingerprint density at radius 3 is 2.65 bits per heavy atom. The van der Waals surface area contributed by atoms with Crippen molar-refractivity contribution in [2.45, 2.75) is 6.42 Å². The van der Waals surface area contributed by atoms with Crippen LogP contribution in [0.2, 0.25) is 0 Å². The monoisotopic (exact) mass is 338 g/mol. The maximum atomic E-state index is 12.2. The summed E-state index contributed by atoms with van der Waals surface area (Å²) in [6, 6.07) is 24.2. The highest BCUT2D eigenvalue weighted by Gasteiger charge is 2.06. The molecule has 0 spiro atoms. The van der Waals surface area contributed by atoms with Gasteiger partial charge in [-0.1, -0.05) is 36.4 Å². The van der Waals surface area contributed by atoms with E-state index in [0.717, 1.165) is 22.4 Å². The van der Waals surface area contributed by atoms with Crippen molar-refractivity contribution in [3.05, 3.63) is 113 Å². The second-order valence-electron chi connectivity index (χ2n) is 5.95. The summed E-state index contributed by atoms with van der Waals surface area (Å²) in [6.45, 7) is 0. The molecule has 26 heavy (non-hydrogen) atoms. The van der Waals surface area contributed by atoms with Crippen molar-refractivity contribution in [1.29, 1.82) is 0 Å². The summed E-state index contributed by atoms with van der Waals surface area (Å²) in [6.07, 6.45) is 5.74. The number of hydrogen-bond donors (Lipinski definition) is 0.